The third kappa shape index (κ3) is 2.74. The summed E-state index contributed by atoms with van der Waals surface area (Å²) < 4.78 is 3.93. The van der Waals surface area contributed by atoms with Gasteiger partial charge in [-0.05, 0) is 31.5 Å². The van der Waals surface area contributed by atoms with Gasteiger partial charge in [0, 0.05) is 18.7 Å². The molecule has 0 fully saturated rings. The number of aromatic nitrogens is 5. The summed E-state index contributed by atoms with van der Waals surface area (Å²) in [5.74, 6) is 1.68. The van der Waals surface area contributed by atoms with Crippen LogP contribution in [0.3, 0.4) is 0 Å². The molecule has 116 valence electrons. The maximum Gasteiger partial charge on any atom is 0.158 e. The van der Waals surface area contributed by atoms with E-state index in [2.05, 4.69) is 22.0 Å². The number of rotatable bonds is 6. The Hall–Kier alpha value is -2.21. The first-order valence-corrected chi connectivity index (χ1v) is 7.70. The van der Waals surface area contributed by atoms with E-state index in [4.69, 9.17) is 5.11 Å². The molecule has 0 saturated heterocycles. The van der Waals surface area contributed by atoms with Crippen molar-refractivity contribution in [3.05, 3.63) is 30.4 Å². The summed E-state index contributed by atoms with van der Waals surface area (Å²) in [6.45, 7) is 5.63. The Labute approximate surface area is 129 Å². The van der Waals surface area contributed by atoms with Crippen molar-refractivity contribution in [1.29, 1.82) is 0 Å². The molecule has 0 saturated carbocycles. The molecule has 1 N–H and O–H groups in total. The highest BCUT2D eigenvalue weighted by Gasteiger charge is 2.11. The second-order valence-corrected chi connectivity index (χ2v) is 5.42. The molecule has 0 aliphatic rings. The van der Waals surface area contributed by atoms with Crippen LogP contribution < -0.4 is 0 Å². The molecule has 6 heteroatoms. The van der Waals surface area contributed by atoms with Gasteiger partial charge < -0.3 is 9.67 Å². The smallest absolute Gasteiger partial charge is 0.158 e. The molecular weight excluding hydrogens is 278 g/mol. The van der Waals surface area contributed by atoms with Crippen LogP contribution in [-0.2, 0) is 13.1 Å². The predicted octanol–water partition coefficient (Wildman–Crippen LogP) is 2.40. The highest BCUT2D eigenvalue weighted by Crippen LogP contribution is 2.23. The van der Waals surface area contributed by atoms with E-state index in [0.717, 1.165) is 47.6 Å². The first-order chi connectivity index (χ1) is 10.7. The van der Waals surface area contributed by atoms with Gasteiger partial charge in [-0.2, -0.15) is 5.10 Å². The number of aliphatic hydroxyl groups excluding tert-OH is 1. The van der Waals surface area contributed by atoms with Crippen LogP contribution in [-0.4, -0.2) is 36.0 Å². The molecule has 0 unspecified atom stereocenters. The number of aliphatic hydroxyl groups is 1. The highest BCUT2D eigenvalue weighted by atomic mass is 16.3. The van der Waals surface area contributed by atoms with E-state index in [1.807, 2.05) is 34.4 Å². The lowest BCUT2D eigenvalue weighted by Gasteiger charge is -2.06. The minimum atomic E-state index is 0.109. The first-order valence-electron chi connectivity index (χ1n) is 7.70. The van der Waals surface area contributed by atoms with Crippen LogP contribution in [0.1, 0.15) is 25.6 Å². The number of hydrogen-bond donors (Lipinski definition) is 1. The van der Waals surface area contributed by atoms with Gasteiger partial charge in [-0.3, -0.25) is 0 Å². The van der Waals surface area contributed by atoms with Gasteiger partial charge in [-0.15, -0.1) is 0 Å². The molecule has 0 aliphatic heterocycles. The van der Waals surface area contributed by atoms with Gasteiger partial charge in [-0.1, -0.05) is 13.3 Å². The van der Waals surface area contributed by atoms with Crippen LogP contribution in [0.15, 0.2) is 24.5 Å². The van der Waals surface area contributed by atoms with E-state index in [9.17, 15) is 0 Å². The van der Waals surface area contributed by atoms with Crippen LogP contribution in [0.4, 0.5) is 0 Å². The molecule has 0 radical (unpaired) electrons. The third-order valence-corrected chi connectivity index (χ3v) is 3.72. The van der Waals surface area contributed by atoms with Gasteiger partial charge >= 0.3 is 0 Å². The van der Waals surface area contributed by atoms with E-state index in [1.54, 1.807) is 6.33 Å². The van der Waals surface area contributed by atoms with Crippen molar-refractivity contribution in [3.63, 3.8) is 0 Å². The fraction of sp³-hybridized carbons (Fsp3) is 0.438. The molecule has 2 heterocycles. The lowest BCUT2D eigenvalue weighted by molar-refractivity contribution is 0.278. The predicted molar refractivity (Wildman–Crippen MR) is 85.5 cm³/mol. The molecule has 1 aromatic carbocycles. The zero-order valence-electron chi connectivity index (χ0n) is 13.0. The van der Waals surface area contributed by atoms with Gasteiger partial charge in [0.1, 0.15) is 5.82 Å². The molecule has 0 atom stereocenters. The van der Waals surface area contributed by atoms with Crippen LogP contribution >= 0.6 is 0 Å². The average Bonchev–Trinajstić information content (AvgIpc) is 3.09. The van der Waals surface area contributed by atoms with Gasteiger partial charge in [0.15, 0.2) is 5.82 Å². The van der Waals surface area contributed by atoms with Crippen molar-refractivity contribution in [1.82, 2.24) is 24.3 Å². The largest absolute Gasteiger partial charge is 0.395 e. The monoisotopic (exact) mass is 299 g/mol. The number of benzene rings is 1. The molecule has 0 bridgehead atoms. The molecule has 0 spiro atoms. The molecule has 0 amide bonds. The second kappa shape index (κ2) is 6.27. The number of hydrogen-bond acceptors (Lipinski definition) is 4. The highest BCUT2D eigenvalue weighted by molar-refractivity contribution is 5.80. The second-order valence-electron chi connectivity index (χ2n) is 5.42. The van der Waals surface area contributed by atoms with E-state index in [0.29, 0.717) is 6.54 Å². The van der Waals surface area contributed by atoms with Gasteiger partial charge in [0.05, 0.1) is 24.0 Å². The van der Waals surface area contributed by atoms with Gasteiger partial charge in [-0.25, -0.2) is 14.6 Å². The zero-order chi connectivity index (χ0) is 15.5. The molecule has 0 aliphatic carbocycles. The summed E-state index contributed by atoms with van der Waals surface area (Å²) in [5.41, 5.74) is 2.96. The van der Waals surface area contributed by atoms with E-state index >= 15 is 0 Å². The standard InChI is InChI=1S/C16H21N5O/c1-3-4-7-21-16(18-12(2)19-21)13-5-6-15-14(10-13)17-11-20(15)8-9-22/h5-6,10-11,22H,3-4,7-9H2,1-2H3. The average molecular weight is 299 g/mol. The van der Waals surface area contributed by atoms with Crippen LogP contribution in [0.2, 0.25) is 0 Å². The summed E-state index contributed by atoms with van der Waals surface area (Å²) >= 11 is 0. The first kappa shape index (κ1) is 14.7. The molecule has 3 rings (SSSR count). The Morgan fingerprint density at radius 1 is 1.23 bits per heavy atom. The third-order valence-electron chi connectivity index (χ3n) is 3.72. The minimum absolute atomic E-state index is 0.109. The fourth-order valence-electron chi connectivity index (χ4n) is 2.62. The maximum absolute atomic E-state index is 9.08. The van der Waals surface area contributed by atoms with Crippen molar-refractivity contribution in [3.8, 4) is 11.4 Å². The van der Waals surface area contributed by atoms with Crippen molar-refractivity contribution >= 4 is 11.0 Å². The minimum Gasteiger partial charge on any atom is -0.395 e. The van der Waals surface area contributed by atoms with Gasteiger partial charge in [0.2, 0.25) is 0 Å². The van der Waals surface area contributed by atoms with Crippen molar-refractivity contribution in [2.75, 3.05) is 6.61 Å². The number of fused-ring (bicyclic) bond motifs is 1. The molecule has 3 aromatic rings. The van der Waals surface area contributed by atoms with Crippen molar-refractivity contribution in [2.24, 2.45) is 0 Å². The SMILES string of the molecule is CCCCn1nc(C)nc1-c1ccc2c(c1)ncn2CCO. The van der Waals surface area contributed by atoms with Crippen LogP contribution in [0.5, 0.6) is 0 Å². The summed E-state index contributed by atoms with van der Waals surface area (Å²) in [4.78, 5) is 8.98. The number of nitrogens with zero attached hydrogens (tertiary/aromatic N) is 5. The zero-order valence-corrected chi connectivity index (χ0v) is 13.0. The molecular formula is C16H21N5O. The maximum atomic E-state index is 9.08. The summed E-state index contributed by atoms with van der Waals surface area (Å²) in [5, 5.41) is 13.6. The Bertz CT molecular complexity index is 774. The number of imidazole rings is 1. The lowest BCUT2D eigenvalue weighted by atomic mass is 10.2. The quantitative estimate of drug-likeness (QED) is 0.759. The summed E-state index contributed by atoms with van der Waals surface area (Å²) in [6.07, 6.45) is 3.98. The Morgan fingerprint density at radius 3 is 2.86 bits per heavy atom. The van der Waals surface area contributed by atoms with E-state index in [1.165, 1.54) is 0 Å². The molecule has 22 heavy (non-hydrogen) atoms. The fourth-order valence-corrected chi connectivity index (χ4v) is 2.62. The molecule has 6 nitrogen and oxygen atoms in total. The molecule has 2 aromatic heterocycles. The normalized spacial score (nSPS) is 11.4. The lowest BCUT2D eigenvalue weighted by Crippen LogP contribution is -2.03. The Morgan fingerprint density at radius 2 is 2.09 bits per heavy atom. The van der Waals surface area contributed by atoms with Crippen molar-refractivity contribution < 1.29 is 5.11 Å². The Balaban J connectivity index is 2.00. The Kier molecular flexibility index (Phi) is 4.20. The van der Waals surface area contributed by atoms with Crippen molar-refractivity contribution in [2.45, 2.75) is 39.8 Å². The number of unbranched alkanes of at least 4 members (excludes halogenated alkanes) is 1. The van der Waals surface area contributed by atoms with E-state index in [-0.39, 0.29) is 6.61 Å². The van der Waals surface area contributed by atoms with Gasteiger partial charge in [0.25, 0.3) is 0 Å². The topological polar surface area (TPSA) is 68.8 Å². The number of aryl methyl sites for hydroxylation is 2. The van der Waals surface area contributed by atoms with E-state index < -0.39 is 0 Å². The summed E-state index contributed by atoms with van der Waals surface area (Å²) in [6, 6.07) is 6.11. The van der Waals surface area contributed by atoms with Crippen LogP contribution in [0.25, 0.3) is 22.4 Å². The van der Waals surface area contributed by atoms with Crippen LogP contribution in [0, 0.1) is 6.92 Å². The summed E-state index contributed by atoms with van der Waals surface area (Å²) in [7, 11) is 0.